The molecule has 1 aliphatic rings. The Bertz CT molecular complexity index is 507. The van der Waals surface area contributed by atoms with E-state index >= 15 is 0 Å². The molecular formula is C16H22F2N2O. The Balaban J connectivity index is 2.14. The highest BCUT2D eigenvalue weighted by molar-refractivity contribution is 5.73. The predicted molar refractivity (Wildman–Crippen MR) is 77.8 cm³/mol. The summed E-state index contributed by atoms with van der Waals surface area (Å²) in [5.41, 5.74) is 0.530. The average Bonchev–Trinajstić information content (AvgIpc) is 2.41. The highest BCUT2D eigenvalue weighted by atomic mass is 19.1. The van der Waals surface area contributed by atoms with Crippen molar-refractivity contribution in [1.82, 2.24) is 10.2 Å². The monoisotopic (exact) mass is 296 g/mol. The van der Waals surface area contributed by atoms with Crippen LogP contribution in [0.2, 0.25) is 0 Å². The van der Waals surface area contributed by atoms with Crippen LogP contribution in [0.3, 0.4) is 0 Å². The van der Waals surface area contributed by atoms with E-state index in [2.05, 4.69) is 10.2 Å². The summed E-state index contributed by atoms with van der Waals surface area (Å²) in [6.07, 6.45) is 2.65. The first-order chi connectivity index (χ1) is 10.0. The van der Waals surface area contributed by atoms with Crippen molar-refractivity contribution in [1.29, 1.82) is 0 Å². The largest absolute Gasteiger partial charge is 0.352 e. The zero-order chi connectivity index (χ0) is 15.4. The van der Waals surface area contributed by atoms with Crippen LogP contribution in [0.5, 0.6) is 0 Å². The van der Waals surface area contributed by atoms with Crippen LogP contribution in [0.15, 0.2) is 18.2 Å². The first-order valence-electron chi connectivity index (χ1n) is 7.47. The molecule has 2 atom stereocenters. The zero-order valence-electron chi connectivity index (χ0n) is 12.5. The van der Waals surface area contributed by atoms with Gasteiger partial charge >= 0.3 is 0 Å². The van der Waals surface area contributed by atoms with Crippen LogP contribution in [0.25, 0.3) is 0 Å². The first-order valence-corrected chi connectivity index (χ1v) is 7.47. The number of amides is 1. The van der Waals surface area contributed by atoms with Crippen molar-refractivity contribution in [3.63, 3.8) is 0 Å². The third-order valence-corrected chi connectivity index (χ3v) is 4.01. The SMILES string of the molecule is CC[C@H](c1ccc(F)cc1F)N1CCC[C@@H](NC(C)=O)C1. The number of rotatable bonds is 4. The average molecular weight is 296 g/mol. The van der Waals surface area contributed by atoms with Crippen LogP contribution in [-0.4, -0.2) is 29.9 Å². The lowest BCUT2D eigenvalue weighted by Gasteiger charge is -2.38. The maximum absolute atomic E-state index is 14.0. The van der Waals surface area contributed by atoms with Crippen molar-refractivity contribution in [3.8, 4) is 0 Å². The highest BCUT2D eigenvalue weighted by Crippen LogP contribution is 2.29. The lowest BCUT2D eigenvalue weighted by atomic mass is 9.97. The third-order valence-electron chi connectivity index (χ3n) is 4.01. The molecular weight excluding hydrogens is 274 g/mol. The molecule has 3 nitrogen and oxygen atoms in total. The molecule has 1 aromatic carbocycles. The maximum atomic E-state index is 14.0. The second-order valence-corrected chi connectivity index (χ2v) is 5.62. The normalized spacial score (nSPS) is 21.0. The fraction of sp³-hybridized carbons (Fsp3) is 0.562. The molecule has 1 saturated heterocycles. The molecule has 1 N–H and O–H groups in total. The number of halogens is 2. The number of benzene rings is 1. The molecule has 0 spiro atoms. The lowest BCUT2D eigenvalue weighted by molar-refractivity contribution is -0.120. The Kier molecular flexibility index (Phi) is 5.28. The van der Waals surface area contributed by atoms with Crippen molar-refractivity contribution in [3.05, 3.63) is 35.4 Å². The minimum atomic E-state index is -0.555. The third kappa shape index (κ3) is 4.00. The van der Waals surface area contributed by atoms with E-state index in [0.29, 0.717) is 12.1 Å². The van der Waals surface area contributed by atoms with Gasteiger partial charge in [-0.2, -0.15) is 0 Å². The molecule has 0 saturated carbocycles. The Morgan fingerprint density at radius 2 is 2.24 bits per heavy atom. The number of hydrogen-bond donors (Lipinski definition) is 1. The van der Waals surface area contributed by atoms with Gasteiger partial charge in [0.05, 0.1) is 0 Å². The molecule has 0 unspecified atom stereocenters. The number of nitrogens with one attached hydrogen (secondary N) is 1. The first kappa shape index (κ1) is 15.9. The smallest absolute Gasteiger partial charge is 0.217 e. The number of piperidine rings is 1. The molecule has 0 aromatic heterocycles. The van der Waals surface area contributed by atoms with Crippen molar-refractivity contribution < 1.29 is 13.6 Å². The van der Waals surface area contributed by atoms with Crippen LogP contribution in [0.4, 0.5) is 8.78 Å². The van der Waals surface area contributed by atoms with Crippen molar-refractivity contribution in [2.24, 2.45) is 0 Å². The van der Waals surface area contributed by atoms with Crippen LogP contribution < -0.4 is 5.32 Å². The second-order valence-electron chi connectivity index (χ2n) is 5.62. The molecule has 0 aliphatic carbocycles. The number of hydrogen-bond acceptors (Lipinski definition) is 2. The minimum Gasteiger partial charge on any atom is -0.352 e. The summed E-state index contributed by atoms with van der Waals surface area (Å²) in [6, 6.07) is 3.79. The van der Waals surface area contributed by atoms with Gasteiger partial charge in [-0.3, -0.25) is 9.69 Å². The maximum Gasteiger partial charge on any atom is 0.217 e. The van der Waals surface area contributed by atoms with E-state index in [1.54, 1.807) is 0 Å². The van der Waals surface area contributed by atoms with E-state index in [4.69, 9.17) is 0 Å². The number of nitrogens with zero attached hydrogens (tertiary/aromatic N) is 1. The molecule has 0 bridgehead atoms. The summed E-state index contributed by atoms with van der Waals surface area (Å²) < 4.78 is 27.1. The molecule has 1 amide bonds. The van der Waals surface area contributed by atoms with E-state index in [-0.39, 0.29) is 18.0 Å². The Labute approximate surface area is 124 Å². The van der Waals surface area contributed by atoms with E-state index in [1.165, 1.54) is 19.1 Å². The fourth-order valence-corrected chi connectivity index (χ4v) is 3.14. The van der Waals surface area contributed by atoms with Gasteiger partial charge in [-0.15, -0.1) is 0 Å². The van der Waals surface area contributed by atoms with Gasteiger partial charge in [0.2, 0.25) is 5.91 Å². The summed E-state index contributed by atoms with van der Waals surface area (Å²) in [5.74, 6) is -1.09. The van der Waals surface area contributed by atoms with Crippen molar-refractivity contribution in [2.45, 2.75) is 45.2 Å². The standard InChI is InChI=1S/C16H22F2N2O/c1-3-16(14-7-6-12(17)9-15(14)18)20-8-4-5-13(10-20)19-11(2)21/h6-7,9,13,16H,3-5,8,10H2,1-2H3,(H,19,21)/t13-,16-/m1/s1. The van der Waals surface area contributed by atoms with Gasteiger partial charge in [0, 0.05) is 37.2 Å². The summed E-state index contributed by atoms with van der Waals surface area (Å²) in [7, 11) is 0. The predicted octanol–water partition coefficient (Wildman–Crippen LogP) is 3.02. The highest BCUT2D eigenvalue weighted by Gasteiger charge is 2.27. The summed E-state index contributed by atoms with van der Waals surface area (Å²) in [6.45, 7) is 5.08. The van der Waals surface area contributed by atoms with Gasteiger partial charge in [-0.25, -0.2) is 8.78 Å². The van der Waals surface area contributed by atoms with Crippen LogP contribution in [-0.2, 0) is 4.79 Å². The molecule has 1 aliphatic heterocycles. The molecule has 5 heteroatoms. The Morgan fingerprint density at radius 1 is 1.48 bits per heavy atom. The molecule has 2 rings (SSSR count). The molecule has 1 fully saturated rings. The van der Waals surface area contributed by atoms with Crippen LogP contribution in [0.1, 0.15) is 44.7 Å². The summed E-state index contributed by atoms with van der Waals surface area (Å²) in [4.78, 5) is 13.4. The molecule has 116 valence electrons. The van der Waals surface area contributed by atoms with Crippen molar-refractivity contribution >= 4 is 5.91 Å². The number of carbonyl (C=O) groups excluding carboxylic acids is 1. The van der Waals surface area contributed by atoms with E-state index < -0.39 is 11.6 Å². The van der Waals surface area contributed by atoms with Gasteiger partial charge in [0.25, 0.3) is 0 Å². The van der Waals surface area contributed by atoms with E-state index in [9.17, 15) is 13.6 Å². The van der Waals surface area contributed by atoms with Crippen LogP contribution in [0, 0.1) is 11.6 Å². The Hall–Kier alpha value is -1.49. The van der Waals surface area contributed by atoms with Crippen LogP contribution >= 0.6 is 0 Å². The van der Waals surface area contributed by atoms with Gasteiger partial charge < -0.3 is 5.32 Å². The quantitative estimate of drug-likeness (QED) is 0.926. The Morgan fingerprint density at radius 3 is 2.86 bits per heavy atom. The fourth-order valence-electron chi connectivity index (χ4n) is 3.14. The van der Waals surface area contributed by atoms with Gasteiger partial charge in [-0.05, 0) is 31.9 Å². The van der Waals surface area contributed by atoms with Crippen molar-refractivity contribution in [2.75, 3.05) is 13.1 Å². The van der Waals surface area contributed by atoms with Gasteiger partial charge in [0.15, 0.2) is 0 Å². The topological polar surface area (TPSA) is 32.3 Å². The van der Waals surface area contributed by atoms with E-state index in [1.807, 2.05) is 6.92 Å². The lowest BCUT2D eigenvalue weighted by Crippen LogP contribution is -2.48. The molecule has 1 aromatic rings. The molecule has 1 heterocycles. The summed E-state index contributed by atoms with van der Waals surface area (Å²) >= 11 is 0. The minimum absolute atomic E-state index is 0.0390. The zero-order valence-corrected chi connectivity index (χ0v) is 12.5. The van der Waals surface area contributed by atoms with Gasteiger partial charge in [-0.1, -0.05) is 13.0 Å². The molecule has 0 radical (unpaired) electrons. The molecule has 21 heavy (non-hydrogen) atoms. The second kappa shape index (κ2) is 6.98. The number of likely N-dealkylation sites (tertiary alicyclic amines) is 1. The van der Waals surface area contributed by atoms with E-state index in [0.717, 1.165) is 31.9 Å². The number of carbonyl (C=O) groups is 1. The summed E-state index contributed by atoms with van der Waals surface area (Å²) in [5, 5.41) is 2.93. The van der Waals surface area contributed by atoms with Gasteiger partial charge in [0.1, 0.15) is 11.6 Å².